The lowest BCUT2D eigenvalue weighted by molar-refractivity contribution is -0.117. The van der Waals surface area contributed by atoms with Crippen LogP contribution in [0.1, 0.15) is 56.2 Å². The van der Waals surface area contributed by atoms with Crippen LogP contribution in [0.15, 0.2) is 6.08 Å². The minimum atomic E-state index is -0.0418. The van der Waals surface area contributed by atoms with Gasteiger partial charge >= 0.3 is 0 Å². The lowest BCUT2D eigenvalue weighted by Crippen LogP contribution is -2.34. The van der Waals surface area contributed by atoms with Gasteiger partial charge in [0.1, 0.15) is 5.15 Å². The van der Waals surface area contributed by atoms with Gasteiger partial charge in [0.25, 0.3) is 0 Å². The van der Waals surface area contributed by atoms with Crippen molar-refractivity contribution in [3.05, 3.63) is 22.5 Å². The number of nitrogens with zero attached hydrogens (tertiary/aromatic N) is 2. The summed E-state index contributed by atoms with van der Waals surface area (Å²) in [6.45, 7) is 1.89. The van der Waals surface area contributed by atoms with Crippen LogP contribution in [0.4, 0.5) is 0 Å². The molecule has 0 bridgehead atoms. The molecule has 0 atom stereocenters. The Kier molecular flexibility index (Phi) is 5.85. The highest BCUT2D eigenvalue weighted by Crippen LogP contribution is 2.20. The van der Waals surface area contributed by atoms with E-state index in [1.54, 1.807) is 23.9 Å². The second kappa shape index (κ2) is 7.64. The summed E-state index contributed by atoms with van der Waals surface area (Å²) in [5, 5.41) is 7.89. The first-order valence-electron chi connectivity index (χ1n) is 7.75. The normalized spacial score (nSPS) is 17.7. The van der Waals surface area contributed by atoms with Crippen LogP contribution in [-0.4, -0.2) is 21.7 Å². The number of nitrogens with one attached hydrogen (secondary N) is 1. The van der Waals surface area contributed by atoms with E-state index >= 15 is 0 Å². The number of halogens is 1. The molecule has 1 heterocycles. The first kappa shape index (κ1) is 16.1. The van der Waals surface area contributed by atoms with Gasteiger partial charge in [-0.05, 0) is 25.8 Å². The minimum Gasteiger partial charge on any atom is -0.350 e. The van der Waals surface area contributed by atoms with Crippen LogP contribution in [0.3, 0.4) is 0 Å². The number of aryl methyl sites for hydroxylation is 2. The van der Waals surface area contributed by atoms with E-state index in [-0.39, 0.29) is 5.91 Å². The zero-order valence-corrected chi connectivity index (χ0v) is 13.6. The van der Waals surface area contributed by atoms with Crippen molar-refractivity contribution in [2.45, 2.75) is 57.9 Å². The highest BCUT2D eigenvalue weighted by atomic mass is 35.5. The molecular weight excluding hydrogens is 286 g/mol. The summed E-state index contributed by atoms with van der Waals surface area (Å²) in [4.78, 5) is 12.0. The van der Waals surface area contributed by atoms with Gasteiger partial charge in [-0.1, -0.05) is 43.7 Å². The Balaban J connectivity index is 1.92. The van der Waals surface area contributed by atoms with Crippen LogP contribution in [0, 0.1) is 6.92 Å². The standard InChI is InChI=1S/C16H24ClN3O/c1-12-14(16(17)20(2)19-12)10-11-15(21)18-13-8-6-4-3-5-7-9-13/h10-11,13H,3-9H2,1-2H3,(H,18,21)/b11-10+. The maximum atomic E-state index is 12.0. The van der Waals surface area contributed by atoms with E-state index in [0.717, 1.165) is 24.1 Å². The third-order valence-corrected chi connectivity index (χ3v) is 4.50. The van der Waals surface area contributed by atoms with Gasteiger partial charge in [-0.3, -0.25) is 9.48 Å². The number of carbonyl (C=O) groups is 1. The average molecular weight is 310 g/mol. The summed E-state index contributed by atoms with van der Waals surface area (Å²) in [7, 11) is 1.79. The summed E-state index contributed by atoms with van der Waals surface area (Å²) in [6.07, 6.45) is 11.8. The number of hydrogen-bond acceptors (Lipinski definition) is 2. The summed E-state index contributed by atoms with van der Waals surface area (Å²) < 4.78 is 1.61. The first-order chi connectivity index (χ1) is 10.1. The monoisotopic (exact) mass is 309 g/mol. The summed E-state index contributed by atoms with van der Waals surface area (Å²) >= 11 is 6.15. The second-order valence-electron chi connectivity index (χ2n) is 5.80. The van der Waals surface area contributed by atoms with Crippen molar-refractivity contribution in [3.8, 4) is 0 Å². The quantitative estimate of drug-likeness (QED) is 0.867. The fourth-order valence-electron chi connectivity index (χ4n) is 2.84. The largest absolute Gasteiger partial charge is 0.350 e. The molecule has 0 aromatic carbocycles. The molecule has 0 spiro atoms. The molecule has 116 valence electrons. The van der Waals surface area contributed by atoms with Crippen molar-refractivity contribution in [2.75, 3.05) is 0 Å². The van der Waals surface area contributed by atoms with Gasteiger partial charge in [0.05, 0.1) is 5.69 Å². The van der Waals surface area contributed by atoms with Crippen LogP contribution < -0.4 is 5.32 Å². The molecule has 5 heteroatoms. The van der Waals surface area contributed by atoms with Crippen molar-refractivity contribution >= 4 is 23.6 Å². The molecule has 1 fully saturated rings. The minimum absolute atomic E-state index is 0.0418. The molecule has 0 unspecified atom stereocenters. The fourth-order valence-corrected chi connectivity index (χ4v) is 3.08. The van der Waals surface area contributed by atoms with E-state index in [2.05, 4.69) is 10.4 Å². The Morgan fingerprint density at radius 3 is 2.48 bits per heavy atom. The average Bonchev–Trinajstić information content (AvgIpc) is 2.64. The molecule has 4 nitrogen and oxygen atoms in total. The van der Waals surface area contributed by atoms with Gasteiger partial charge < -0.3 is 5.32 Å². The molecule has 1 aromatic heterocycles. The molecule has 0 aliphatic heterocycles. The molecule has 1 amide bonds. The molecule has 1 aliphatic carbocycles. The van der Waals surface area contributed by atoms with E-state index in [4.69, 9.17) is 11.6 Å². The highest BCUT2D eigenvalue weighted by molar-refractivity contribution is 6.31. The SMILES string of the molecule is Cc1nn(C)c(Cl)c1/C=C/C(=O)NC1CCCCCCC1. The lowest BCUT2D eigenvalue weighted by Gasteiger charge is -2.20. The molecule has 21 heavy (non-hydrogen) atoms. The summed E-state index contributed by atoms with van der Waals surface area (Å²) in [5.41, 5.74) is 1.64. The predicted molar refractivity (Wildman–Crippen MR) is 86.2 cm³/mol. The van der Waals surface area contributed by atoms with Crippen molar-refractivity contribution in [1.29, 1.82) is 0 Å². The zero-order chi connectivity index (χ0) is 15.2. The van der Waals surface area contributed by atoms with Gasteiger partial charge in [-0.2, -0.15) is 5.10 Å². The van der Waals surface area contributed by atoms with Crippen molar-refractivity contribution in [3.63, 3.8) is 0 Å². The lowest BCUT2D eigenvalue weighted by atomic mass is 9.97. The van der Waals surface area contributed by atoms with Crippen molar-refractivity contribution in [2.24, 2.45) is 7.05 Å². The zero-order valence-electron chi connectivity index (χ0n) is 12.9. The molecule has 2 rings (SSSR count). The topological polar surface area (TPSA) is 46.9 Å². The van der Waals surface area contributed by atoms with Gasteiger partial charge in [0.2, 0.25) is 5.91 Å². The van der Waals surface area contributed by atoms with E-state index in [1.807, 2.05) is 6.92 Å². The summed E-state index contributed by atoms with van der Waals surface area (Å²) in [6, 6.07) is 0.313. The molecule has 1 aromatic rings. The predicted octanol–water partition coefficient (Wildman–Crippen LogP) is 3.62. The number of rotatable bonds is 3. The Labute approximate surface area is 131 Å². The smallest absolute Gasteiger partial charge is 0.244 e. The number of carbonyl (C=O) groups excluding carboxylic acids is 1. The van der Waals surface area contributed by atoms with Gasteiger partial charge in [-0.15, -0.1) is 0 Å². The van der Waals surface area contributed by atoms with E-state index in [9.17, 15) is 4.79 Å². The van der Waals surface area contributed by atoms with Crippen LogP contribution in [0.5, 0.6) is 0 Å². The maximum Gasteiger partial charge on any atom is 0.244 e. The van der Waals surface area contributed by atoms with Gasteiger partial charge in [0, 0.05) is 24.7 Å². The highest BCUT2D eigenvalue weighted by Gasteiger charge is 2.13. The molecular formula is C16H24ClN3O. The van der Waals surface area contributed by atoms with Crippen LogP contribution in [-0.2, 0) is 11.8 Å². The number of amides is 1. The van der Waals surface area contributed by atoms with E-state index < -0.39 is 0 Å². The molecule has 0 saturated heterocycles. The maximum absolute atomic E-state index is 12.0. The Morgan fingerprint density at radius 1 is 1.29 bits per heavy atom. The Bertz CT molecular complexity index is 514. The Morgan fingerprint density at radius 2 is 1.90 bits per heavy atom. The van der Waals surface area contributed by atoms with Crippen LogP contribution in [0.25, 0.3) is 6.08 Å². The van der Waals surface area contributed by atoms with Gasteiger partial charge in [-0.25, -0.2) is 0 Å². The second-order valence-corrected chi connectivity index (χ2v) is 6.16. The fraction of sp³-hybridized carbons (Fsp3) is 0.625. The number of aromatic nitrogens is 2. The van der Waals surface area contributed by atoms with Crippen LogP contribution in [0.2, 0.25) is 5.15 Å². The van der Waals surface area contributed by atoms with Crippen LogP contribution >= 0.6 is 11.6 Å². The molecule has 1 saturated carbocycles. The van der Waals surface area contributed by atoms with Crippen molar-refractivity contribution < 1.29 is 4.79 Å². The first-order valence-corrected chi connectivity index (χ1v) is 8.13. The third kappa shape index (κ3) is 4.60. The van der Waals surface area contributed by atoms with E-state index in [1.165, 1.54) is 32.1 Å². The van der Waals surface area contributed by atoms with Crippen molar-refractivity contribution in [1.82, 2.24) is 15.1 Å². The Hall–Kier alpha value is -1.29. The van der Waals surface area contributed by atoms with E-state index in [0.29, 0.717) is 11.2 Å². The molecule has 1 N–H and O–H groups in total. The third-order valence-electron chi connectivity index (χ3n) is 4.05. The molecule has 1 aliphatic rings. The summed E-state index contributed by atoms with van der Waals surface area (Å²) in [5.74, 6) is -0.0418. The molecule has 0 radical (unpaired) electrons. The number of hydrogen-bond donors (Lipinski definition) is 1. The van der Waals surface area contributed by atoms with Gasteiger partial charge in [0.15, 0.2) is 0 Å².